The third-order valence-electron chi connectivity index (χ3n) is 4.35. The van der Waals surface area contributed by atoms with Crippen LogP contribution in [0.5, 0.6) is 5.75 Å². The Morgan fingerprint density at radius 3 is 2.59 bits per heavy atom. The number of carboxylic acids is 1. The molecule has 0 unspecified atom stereocenters. The number of fused-ring (bicyclic) bond motifs is 3. The number of aromatic nitrogens is 4. The first-order valence-electron chi connectivity index (χ1n) is 8.60. The third kappa shape index (κ3) is 3.16. The lowest BCUT2D eigenvalue weighted by molar-refractivity contribution is -0.135. The Kier molecular flexibility index (Phi) is 4.43. The normalized spacial score (nSPS) is 11.0. The Morgan fingerprint density at radius 1 is 1.10 bits per heavy atom. The van der Waals surface area contributed by atoms with Crippen molar-refractivity contribution in [1.82, 2.24) is 24.5 Å². The summed E-state index contributed by atoms with van der Waals surface area (Å²) in [4.78, 5) is 44.7. The van der Waals surface area contributed by atoms with E-state index in [9.17, 15) is 19.5 Å². The lowest BCUT2D eigenvalue weighted by Gasteiger charge is -2.14. The van der Waals surface area contributed by atoms with E-state index >= 15 is 0 Å². The number of nitrogens with one attached hydrogen (secondary N) is 1. The minimum Gasteiger partial charge on any atom is -0.504 e. The zero-order chi connectivity index (χ0) is 20.5. The van der Waals surface area contributed by atoms with E-state index < -0.39 is 35.3 Å². The van der Waals surface area contributed by atoms with Crippen molar-refractivity contribution >= 4 is 28.7 Å². The van der Waals surface area contributed by atoms with Crippen LogP contribution in [0.15, 0.2) is 53.5 Å². The summed E-state index contributed by atoms with van der Waals surface area (Å²) in [6.45, 7) is -0.602. The molecule has 0 aliphatic rings. The van der Waals surface area contributed by atoms with E-state index in [0.29, 0.717) is 5.52 Å². The number of amides is 1. The van der Waals surface area contributed by atoms with Crippen LogP contribution in [-0.4, -0.2) is 47.8 Å². The van der Waals surface area contributed by atoms with Crippen molar-refractivity contribution in [2.24, 2.45) is 0 Å². The molecule has 29 heavy (non-hydrogen) atoms. The summed E-state index contributed by atoms with van der Waals surface area (Å²) < 4.78 is 2.66. The van der Waals surface area contributed by atoms with Crippen LogP contribution in [0, 0.1) is 0 Å². The van der Waals surface area contributed by atoms with E-state index in [4.69, 9.17) is 5.11 Å². The molecule has 0 aliphatic heterocycles. The largest absolute Gasteiger partial charge is 0.504 e. The van der Waals surface area contributed by atoms with Crippen molar-refractivity contribution in [2.45, 2.75) is 6.54 Å². The quantitative estimate of drug-likeness (QED) is 0.451. The molecule has 10 nitrogen and oxygen atoms in total. The number of hydrogen-bond donors (Lipinski definition) is 3. The summed E-state index contributed by atoms with van der Waals surface area (Å²) in [7, 11) is 0. The maximum absolute atomic E-state index is 13.2. The first-order valence-corrected chi connectivity index (χ1v) is 8.60. The van der Waals surface area contributed by atoms with Crippen LogP contribution >= 0.6 is 0 Å². The second kappa shape index (κ2) is 7.08. The molecule has 1 amide bonds. The molecule has 10 heteroatoms. The number of imidazole rings is 1. The van der Waals surface area contributed by atoms with Gasteiger partial charge in [-0.2, -0.15) is 0 Å². The van der Waals surface area contributed by atoms with Gasteiger partial charge in [-0.15, -0.1) is 0 Å². The summed E-state index contributed by atoms with van der Waals surface area (Å²) in [5, 5.41) is 21.5. The molecule has 0 spiro atoms. The van der Waals surface area contributed by atoms with Gasteiger partial charge in [-0.25, -0.2) is 19.2 Å². The minimum absolute atomic E-state index is 0.0327. The average Bonchev–Trinajstić information content (AvgIpc) is 3.10. The summed E-state index contributed by atoms with van der Waals surface area (Å²) in [6, 6.07) is 12.4. The van der Waals surface area contributed by atoms with Crippen LogP contribution in [0.4, 0.5) is 0 Å². The number of benzene rings is 1. The molecule has 0 bridgehead atoms. The number of aromatic hydroxyl groups is 1. The molecule has 3 heterocycles. The van der Waals surface area contributed by atoms with Crippen molar-refractivity contribution in [3.63, 3.8) is 0 Å². The van der Waals surface area contributed by atoms with Gasteiger partial charge < -0.3 is 15.5 Å². The number of aliphatic carboxylic acids is 1. The number of pyridine rings is 1. The Bertz CT molecular complexity index is 1310. The molecule has 0 saturated heterocycles. The summed E-state index contributed by atoms with van der Waals surface area (Å²) in [5.74, 6) is -2.92. The molecule has 0 atom stereocenters. The SMILES string of the molecule is O=C(O)CNC(=O)c1c(O)c2nc3ncccc3n2n(Cc2ccccc2)c1=O. The molecule has 0 aliphatic carbocycles. The second-order valence-electron chi connectivity index (χ2n) is 6.24. The van der Waals surface area contributed by atoms with E-state index in [0.717, 1.165) is 5.56 Å². The molecule has 3 N–H and O–H groups in total. The van der Waals surface area contributed by atoms with Crippen LogP contribution < -0.4 is 10.9 Å². The van der Waals surface area contributed by atoms with Crippen molar-refractivity contribution in [2.75, 3.05) is 6.54 Å². The zero-order valence-corrected chi connectivity index (χ0v) is 14.9. The van der Waals surface area contributed by atoms with Crippen LogP contribution in [0.2, 0.25) is 0 Å². The average molecular weight is 393 g/mol. The standard InChI is InChI=1S/C19H15N5O5/c25-13(26)9-21-18(28)14-15(27)17-22-16-12(7-4-8-20-16)24(17)23(19(14)29)10-11-5-2-1-3-6-11/h1-8,27H,9-10H2,(H,21,28)(H,25,26). The summed E-state index contributed by atoms with van der Waals surface area (Å²) >= 11 is 0. The summed E-state index contributed by atoms with van der Waals surface area (Å²) in [6.07, 6.45) is 1.52. The number of carbonyl (C=O) groups is 2. The van der Waals surface area contributed by atoms with Gasteiger partial charge in [-0.05, 0) is 17.7 Å². The Morgan fingerprint density at radius 2 is 1.86 bits per heavy atom. The lowest BCUT2D eigenvalue weighted by atomic mass is 10.2. The highest BCUT2D eigenvalue weighted by molar-refractivity contribution is 6.00. The van der Waals surface area contributed by atoms with Gasteiger partial charge in [0.2, 0.25) is 0 Å². The van der Waals surface area contributed by atoms with Crippen LogP contribution in [0.25, 0.3) is 16.8 Å². The van der Waals surface area contributed by atoms with Crippen molar-refractivity contribution in [3.05, 3.63) is 70.1 Å². The highest BCUT2D eigenvalue weighted by Crippen LogP contribution is 2.24. The number of carboxylic acid groups (broad SMARTS) is 1. The Balaban J connectivity index is 2.00. The smallest absolute Gasteiger partial charge is 0.322 e. The number of rotatable bonds is 5. The van der Waals surface area contributed by atoms with Crippen LogP contribution in [0.1, 0.15) is 15.9 Å². The third-order valence-corrected chi connectivity index (χ3v) is 4.35. The molecular formula is C19H15N5O5. The minimum atomic E-state index is -1.28. The van der Waals surface area contributed by atoms with Crippen LogP contribution in [0.3, 0.4) is 0 Å². The van der Waals surface area contributed by atoms with E-state index in [2.05, 4.69) is 15.3 Å². The van der Waals surface area contributed by atoms with E-state index in [-0.39, 0.29) is 17.8 Å². The van der Waals surface area contributed by atoms with Crippen molar-refractivity contribution < 1.29 is 19.8 Å². The Hall–Kier alpha value is -4.21. The summed E-state index contributed by atoms with van der Waals surface area (Å²) in [5.41, 5.74) is 0.143. The molecule has 0 saturated carbocycles. The van der Waals surface area contributed by atoms with E-state index in [1.165, 1.54) is 15.4 Å². The Labute approximate surface area is 162 Å². The van der Waals surface area contributed by atoms with E-state index in [1.807, 2.05) is 30.3 Å². The van der Waals surface area contributed by atoms with Gasteiger partial charge >= 0.3 is 5.97 Å². The molecule has 146 valence electrons. The van der Waals surface area contributed by atoms with Gasteiger partial charge in [-0.3, -0.25) is 14.4 Å². The number of nitrogens with zero attached hydrogens (tertiary/aromatic N) is 4. The van der Waals surface area contributed by atoms with Gasteiger partial charge in [0.15, 0.2) is 22.6 Å². The second-order valence-corrected chi connectivity index (χ2v) is 6.24. The van der Waals surface area contributed by atoms with Gasteiger partial charge in [-0.1, -0.05) is 30.3 Å². The fourth-order valence-electron chi connectivity index (χ4n) is 3.08. The van der Waals surface area contributed by atoms with Gasteiger partial charge in [0.05, 0.1) is 6.54 Å². The molecular weight excluding hydrogens is 378 g/mol. The van der Waals surface area contributed by atoms with Crippen molar-refractivity contribution in [1.29, 1.82) is 0 Å². The highest BCUT2D eigenvalue weighted by Gasteiger charge is 2.25. The topological polar surface area (TPSA) is 139 Å². The number of carbonyl (C=O) groups excluding carboxylic acids is 1. The molecule has 4 rings (SSSR count). The van der Waals surface area contributed by atoms with E-state index in [1.54, 1.807) is 12.1 Å². The first kappa shape index (κ1) is 18.2. The molecule has 0 radical (unpaired) electrons. The monoisotopic (exact) mass is 393 g/mol. The number of hydrogen-bond acceptors (Lipinski definition) is 6. The fraction of sp³-hybridized carbons (Fsp3) is 0.105. The van der Waals surface area contributed by atoms with Gasteiger partial charge in [0.25, 0.3) is 11.5 Å². The molecule has 3 aromatic heterocycles. The molecule has 4 aromatic rings. The first-order chi connectivity index (χ1) is 14.0. The maximum Gasteiger partial charge on any atom is 0.322 e. The lowest BCUT2D eigenvalue weighted by Crippen LogP contribution is -2.37. The predicted octanol–water partition coefficient (Wildman–Crippen LogP) is 0.612. The van der Waals surface area contributed by atoms with Crippen LogP contribution in [-0.2, 0) is 11.3 Å². The zero-order valence-electron chi connectivity index (χ0n) is 14.9. The maximum atomic E-state index is 13.2. The fourth-order valence-corrected chi connectivity index (χ4v) is 3.08. The van der Waals surface area contributed by atoms with Crippen molar-refractivity contribution in [3.8, 4) is 5.75 Å². The predicted molar refractivity (Wildman–Crippen MR) is 102 cm³/mol. The highest BCUT2D eigenvalue weighted by atomic mass is 16.4. The molecule has 1 aromatic carbocycles. The van der Waals surface area contributed by atoms with Gasteiger partial charge in [0, 0.05) is 6.20 Å². The van der Waals surface area contributed by atoms with Gasteiger partial charge in [0.1, 0.15) is 12.1 Å². The molecule has 0 fully saturated rings.